The Hall–Kier alpha value is -2.73. The number of aromatic amines is 2. The summed E-state index contributed by atoms with van der Waals surface area (Å²) in [4.78, 5) is 32.2. The fraction of sp³-hybridized carbons (Fsp3) is 0.211. The molecule has 0 fully saturated rings. The lowest BCUT2D eigenvalue weighted by Crippen LogP contribution is -2.30. The minimum atomic E-state index is -0.254. The van der Waals surface area contributed by atoms with Crippen LogP contribution in [0.5, 0.6) is 0 Å². The second-order valence-electron chi connectivity index (χ2n) is 6.34. The Morgan fingerprint density at radius 3 is 2.84 bits per heavy atom. The van der Waals surface area contributed by atoms with Gasteiger partial charge in [0, 0.05) is 12.6 Å². The normalized spacial score (nSPS) is 16.0. The predicted molar refractivity (Wildman–Crippen MR) is 99.4 cm³/mol. The maximum atomic E-state index is 13.0. The van der Waals surface area contributed by atoms with Gasteiger partial charge in [0.1, 0.15) is 0 Å². The van der Waals surface area contributed by atoms with E-state index in [9.17, 15) is 9.59 Å². The van der Waals surface area contributed by atoms with E-state index < -0.39 is 0 Å². The van der Waals surface area contributed by atoms with Crippen molar-refractivity contribution in [1.29, 1.82) is 0 Å². The summed E-state index contributed by atoms with van der Waals surface area (Å²) < 4.78 is 0.250. The lowest BCUT2D eigenvalue weighted by molar-refractivity contribution is 0.0730. The molecule has 1 aliphatic rings. The average Bonchev–Trinajstić information content (AvgIpc) is 3.04. The van der Waals surface area contributed by atoms with Crippen LogP contribution in [0.25, 0.3) is 10.9 Å². The fourth-order valence-corrected chi connectivity index (χ4v) is 3.79. The van der Waals surface area contributed by atoms with E-state index in [0.29, 0.717) is 16.5 Å². The molecule has 0 bridgehead atoms. The molecule has 0 aliphatic heterocycles. The lowest BCUT2D eigenvalue weighted by Gasteiger charge is -2.25. The molecule has 1 aliphatic carbocycles. The third-order valence-electron chi connectivity index (χ3n) is 4.88. The quantitative estimate of drug-likeness (QED) is 0.696. The third kappa shape index (κ3) is 2.68. The average molecular weight is 351 g/mol. The number of nitrogens with zero attached hydrogens (tertiary/aromatic N) is 1. The molecule has 5 nitrogen and oxygen atoms in total. The van der Waals surface area contributed by atoms with Gasteiger partial charge in [0.15, 0.2) is 4.77 Å². The molecule has 0 spiro atoms. The van der Waals surface area contributed by atoms with E-state index in [-0.39, 0.29) is 22.3 Å². The zero-order valence-corrected chi connectivity index (χ0v) is 14.5. The Labute approximate surface area is 149 Å². The molecular formula is C19H17N3O2S. The molecule has 1 atom stereocenters. The summed E-state index contributed by atoms with van der Waals surface area (Å²) >= 11 is 5.01. The summed E-state index contributed by atoms with van der Waals surface area (Å²) in [6.07, 6.45) is 1.91. The van der Waals surface area contributed by atoms with E-state index >= 15 is 0 Å². The van der Waals surface area contributed by atoms with Gasteiger partial charge in [-0.15, -0.1) is 0 Å². The molecule has 1 aromatic heterocycles. The van der Waals surface area contributed by atoms with Gasteiger partial charge in [0.05, 0.1) is 16.9 Å². The van der Waals surface area contributed by atoms with Gasteiger partial charge in [-0.05, 0) is 54.4 Å². The minimum absolute atomic E-state index is 0.0665. The number of carbonyl (C=O) groups excluding carboxylic acids is 1. The highest BCUT2D eigenvalue weighted by molar-refractivity contribution is 7.71. The zero-order chi connectivity index (χ0) is 17.6. The van der Waals surface area contributed by atoms with Crippen molar-refractivity contribution in [2.24, 2.45) is 0 Å². The molecule has 6 heteroatoms. The van der Waals surface area contributed by atoms with Crippen molar-refractivity contribution in [3.8, 4) is 0 Å². The molecule has 2 N–H and O–H groups in total. The van der Waals surface area contributed by atoms with E-state index in [0.717, 1.165) is 12.8 Å². The molecule has 0 saturated carbocycles. The molecule has 126 valence electrons. The maximum absolute atomic E-state index is 13.0. The molecule has 0 saturated heterocycles. The SMILES string of the molecule is CN(C(=O)c1ccc2c(=O)[nH]c(=S)[nH]c2c1)C1CCc2ccccc21. The van der Waals surface area contributed by atoms with Crippen molar-refractivity contribution in [1.82, 2.24) is 14.9 Å². The monoisotopic (exact) mass is 351 g/mol. The van der Waals surface area contributed by atoms with Crippen LogP contribution in [0, 0.1) is 4.77 Å². The number of carbonyl (C=O) groups is 1. The molecule has 4 rings (SSSR count). The van der Waals surface area contributed by atoms with Crippen molar-refractivity contribution in [3.63, 3.8) is 0 Å². The van der Waals surface area contributed by atoms with Gasteiger partial charge in [-0.3, -0.25) is 14.6 Å². The highest BCUT2D eigenvalue weighted by Crippen LogP contribution is 2.35. The fourth-order valence-electron chi connectivity index (χ4n) is 3.58. The number of fused-ring (bicyclic) bond motifs is 2. The molecule has 1 unspecified atom stereocenters. The Bertz CT molecular complexity index is 1100. The number of rotatable bonds is 2. The van der Waals surface area contributed by atoms with Gasteiger partial charge in [0.2, 0.25) is 0 Å². The van der Waals surface area contributed by atoms with Crippen molar-refractivity contribution < 1.29 is 4.79 Å². The van der Waals surface area contributed by atoms with Gasteiger partial charge in [-0.2, -0.15) is 0 Å². The molecule has 1 heterocycles. The highest BCUT2D eigenvalue weighted by atomic mass is 32.1. The van der Waals surface area contributed by atoms with Gasteiger partial charge in [-0.1, -0.05) is 24.3 Å². The first-order chi connectivity index (χ1) is 12.0. The Kier molecular flexibility index (Phi) is 3.77. The van der Waals surface area contributed by atoms with E-state index in [1.54, 1.807) is 23.1 Å². The van der Waals surface area contributed by atoms with Crippen LogP contribution in [0.3, 0.4) is 0 Å². The van der Waals surface area contributed by atoms with Crippen LogP contribution in [0.4, 0.5) is 0 Å². The van der Waals surface area contributed by atoms with E-state index in [1.807, 2.05) is 19.2 Å². The number of nitrogens with one attached hydrogen (secondary N) is 2. The number of hydrogen-bond donors (Lipinski definition) is 2. The van der Waals surface area contributed by atoms with E-state index in [2.05, 4.69) is 22.1 Å². The van der Waals surface area contributed by atoms with Crippen LogP contribution in [0.2, 0.25) is 0 Å². The van der Waals surface area contributed by atoms with Crippen molar-refractivity contribution >= 4 is 29.0 Å². The predicted octanol–water partition coefficient (Wildman–Crippen LogP) is 3.35. The van der Waals surface area contributed by atoms with Crippen LogP contribution >= 0.6 is 12.2 Å². The van der Waals surface area contributed by atoms with Crippen molar-refractivity contribution in [3.05, 3.63) is 74.3 Å². The summed E-state index contributed by atoms with van der Waals surface area (Å²) in [5.41, 5.74) is 3.38. The Balaban J connectivity index is 1.70. The first-order valence-corrected chi connectivity index (χ1v) is 8.57. The summed E-state index contributed by atoms with van der Waals surface area (Å²) in [6.45, 7) is 0. The van der Waals surface area contributed by atoms with Gasteiger partial charge in [-0.25, -0.2) is 0 Å². The van der Waals surface area contributed by atoms with Crippen LogP contribution in [-0.4, -0.2) is 27.8 Å². The third-order valence-corrected chi connectivity index (χ3v) is 5.08. The zero-order valence-electron chi connectivity index (χ0n) is 13.7. The molecular weight excluding hydrogens is 334 g/mol. The van der Waals surface area contributed by atoms with Gasteiger partial charge in [0.25, 0.3) is 11.5 Å². The molecule has 1 amide bonds. The number of H-pyrrole nitrogens is 2. The summed E-state index contributed by atoms with van der Waals surface area (Å²) in [5.74, 6) is -0.0665. The molecule has 2 aromatic carbocycles. The first-order valence-electron chi connectivity index (χ1n) is 8.16. The topological polar surface area (TPSA) is 69.0 Å². The first kappa shape index (κ1) is 15.8. The van der Waals surface area contributed by atoms with Gasteiger partial charge >= 0.3 is 0 Å². The van der Waals surface area contributed by atoms with Crippen molar-refractivity contribution in [2.75, 3.05) is 7.05 Å². The minimum Gasteiger partial charge on any atom is -0.335 e. The summed E-state index contributed by atoms with van der Waals surface area (Å²) in [7, 11) is 1.83. The van der Waals surface area contributed by atoms with Crippen LogP contribution in [-0.2, 0) is 6.42 Å². The molecule has 3 aromatic rings. The Morgan fingerprint density at radius 2 is 2.00 bits per heavy atom. The Morgan fingerprint density at radius 1 is 1.20 bits per heavy atom. The number of aryl methyl sites for hydroxylation is 1. The smallest absolute Gasteiger partial charge is 0.259 e. The lowest BCUT2D eigenvalue weighted by atomic mass is 10.1. The number of aromatic nitrogens is 2. The second kappa shape index (κ2) is 5.97. The largest absolute Gasteiger partial charge is 0.335 e. The summed E-state index contributed by atoms with van der Waals surface area (Å²) in [6, 6.07) is 13.4. The van der Waals surface area contributed by atoms with Crippen LogP contribution < -0.4 is 5.56 Å². The standard InChI is InChI=1S/C19H17N3O2S/c1-22(16-9-7-11-4-2-3-5-13(11)16)18(24)12-6-8-14-15(10-12)20-19(25)21-17(14)23/h2-6,8,10,16H,7,9H2,1H3,(H2,20,21,23,25). The van der Waals surface area contributed by atoms with Crippen LogP contribution in [0.15, 0.2) is 47.3 Å². The van der Waals surface area contributed by atoms with Crippen LogP contribution in [0.1, 0.15) is 33.9 Å². The van der Waals surface area contributed by atoms with Gasteiger partial charge < -0.3 is 9.88 Å². The maximum Gasteiger partial charge on any atom is 0.259 e. The highest BCUT2D eigenvalue weighted by Gasteiger charge is 2.28. The van der Waals surface area contributed by atoms with Crippen molar-refractivity contribution in [2.45, 2.75) is 18.9 Å². The number of amides is 1. The summed E-state index contributed by atoms with van der Waals surface area (Å²) in [5, 5.41) is 0.485. The second-order valence-corrected chi connectivity index (χ2v) is 6.75. The molecule has 0 radical (unpaired) electrons. The molecule has 25 heavy (non-hydrogen) atoms. The van der Waals surface area contributed by atoms with E-state index in [4.69, 9.17) is 12.2 Å². The number of hydrogen-bond acceptors (Lipinski definition) is 3. The van der Waals surface area contributed by atoms with E-state index in [1.165, 1.54) is 11.1 Å². The number of benzene rings is 2.